The lowest BCUT2D eigenvalue weighted by atomic mass is 10.1. The maximum atomic E-state index is 10.7. The summed E-state index contributed by atoms with van der Waals surface area (Å²) in [4.78, 5) is 30.9. The highest BCUT2D eigenvalue weighted by molar-refractivity contribution is 6.33. The first-order valence-corrected chi connectivity index (χ1v) is 6.68. The highest BCUT2D eigenvalue weighted by Gasteiger charge is 2.11. The third-order valence-corrected chi connectivity index (χ3v) is 2.79. The first kappa shape index (κ1) is 17.9. The van der Waals surface area contributed by atoms with Crippen molar-refractivity contribution in [2.45, 2.75) is 12.8 Å². The fourth-order valence-electron chi connectivity index (χ4n) is 1.60. The van der Waals surface area contributed by atoms with E-state index in [2.05, 4.69) is 0 Å². The van der Waals surface area contributed by atoms with Crippen LogP contribution in [0, 0.1) is 0 Å². The van der Waals surface area contributed by atoms with Gasteiger partial charge in [-0.05, 0) is 35.4 Å². The Morgan fingerprint density at radius 1 is 0.826 bits per heavy atom. The molecule has 0 saturated carbocycles. The highest BCUT2D eigenvalue weighted by atomic mass is 16.4. The van der Waals surface area contributed by atoms with Crippen molar-refractivity contribution in [3.8, 4) is 11.5 Å². The molecule has 0 aliphatic heterocycles. The highest BCUT2D eigenvalue weighted by Crippen LogP contribution is 2.10. The maximum absolute atomic E-state index is 10.7. The Hall–Kier alpha value is -3.15. The summed E-state index contributed by atoms with van der Waals surface area (Å²) >= 11 is 0. The normalized spacial score (nSPS) is 9.39. The molecular weight excluding hydrogens is 300 g/mol. The maximum Gasteiger partial charge on any atom is 0.372 e. The van der Waals surface area contributed by atoms with Crippen LogP contribution in [0.2, 0.25) is 0 Å². The van der Waals surface area contributed by atoms with Gasteiger partial charge < -0.3 is 20.1 Å². The molecule has 2 aromatic rings. The number of carboxylic acid groups (broad SMARTS) is 1. The monoisotopic (exact) mass is 316 g/mol. The van der Waals surface area contributed by atoms with E-state index in [-0.39, 0.29) is 17.9 Å². The van der Waals surface area contributed by atoms with Crippen molar-refractivity contribution in [3.05, 3.63) is 59.7 Å². The number of rotatable bonds is 5. The summed E-state index contributed by atoms with van der Waals surface area (Å²) in [5, 5.41) is 26.0. The second-order valence-corrected chi connectivity index (χ2v) is 4.61. The first-order chi connectivity index (χ1) is 10.9. The van der Waals surface area contributed by atoms with Gasteiger partial charge in [0.2, 0.25) is 5.78 Å². The molecular formula is C17H16O6. The molecule has 0 radical (unpaired) electrons. The SMILES string of the molecule is O=C(O)C(=O)Cc1ccc(O)cc1.O=CCc1ccc(O)cc1. The molecule has 0 bridgehead atoms. The number of aldehydes is 1. The fourth-order valence-corrected chi connectivity index (χ4v) is 1.60. The average Bonchev–Trinajstić information content (AvgIpc) is 2.52. The van der Waals surface area contributed by atoms with Crippen LogP contribution < -0.4 is 0 Å². The topological polar surface area (TPSA) is 112 Å². The average molecular weight is 316 g/mol. The van der Waals surface area contributed by atoms with Crippen molar-refractivity contribution >= 4 is 18.0 Å². The standard InChI is InChI=1S/C9H8O4.C8H8O2/c10-7-3-1-6(2-4-7)5-8(11)9(12)13;9-6-5-7-1-3-8(10)4-2-7/h1-4,10H,5H2,(H,12,13);1-4,6,10H,5H2. The molecule has 0 saturated heterocycles. The van der Waals surface area contributed by atoms with Crippen LogP contribution in [0.15, 0.2) is 48.5 Å². The lowest BCUT2D eigenvalue weighted by Gasteiger charge is -1.97. The lowest BCUT2D eigenvalue weighted by molar-refractivity contribution is -0.148. The third kappa shape index (κ3) is 6.90. The van der Waals surface area contributed by atoms with Gasteiger partial charge in [0.15, 0.2) is 0 Å². The molecule has 0 aliphatic carbocycles. The van der Waals surface area contributed by atoms with Crippen LogP contribution in [0.4, 0.5) is 0 Å². The molecule has 0 heterocycles. The molecule has 0 fully saturated rings. The Morgan fingerprint density at radius 2 is 1.26 bits per heavy atom. The summed E-state index contributed by atoms with van der Waals surface area (Å²) in [5.74, 6) is -1.97. The van der Waals surface area contributed by atoms with Crippen molar-refractivity contribution in [2.24, 2.45) is 0 Å². The Balaban J connectivity index is 0.000000238. The van der Waals surface area contributed by atoms with Gasteiger partial charge in [0.25, 0.3) is 0 Å². The van der Waals surface area contributed by atoms with Gasteiger partial charge in [-0.2, -0.15) is 0 Å². The summed E-state index contributed by atoms with van der Waals surface area (Å²) in [6.45, 7) is 0. The number of phenolic OH excluding ortho intramolecular Hbond substituents is 2. The van der Waals surface area contributed by atoms with Crippen LogP contribution in [0.5, 0.6) is 11.5 Å². The fraction of sp³-hybridized carbons (Fsp3) is 0.118. The van der Waals surface area contributed by atoms with E-state index in [1.165, 1.54) is 24.3 Å². The smallest absolute Gasteiger partial charge is 0.372 e. The van der Waals surface area contributed by atoms with E-state index in [1.54, 1.807) is 24.3 Å². The van der Waals surface area contributed by atoms with Crippen LogP contribution in [0.1, 0.15) is 11.1 Å². The van der Waals surface area contributed by atoms with Crippen molar-refractivity contribution < 1.29 is 29.7 Å². The molecule has 2 aromatic carbocycles. The number of phenols is 2. The van der Waals surface area contributed by atoms with Gasteiger partial charge in [-0.15, -0.1) is 0 Å². The summed E-state index contributed by atoms with van der Waals surface area (Å²) in [6.07, 6.45) is 1.11. The largest absolute Gasteiger partial charge is 0.508 e. The lowest BCUT2D eigenvalue weighted by Crippen LogP contribution is -2.14. The molecule has 6 heteroatoms. The first-order valence-electron chi connectivity index (χ1n) is 6.68. The Labute approximate surface area is 132 Å². The number of carbonyl (C=O) groups is 3. The van der Waals surface area contributed by atoms with Gasteiger partial charge in [0.05, 0.1) is 0 Å². The number of hydrogen-bond acceptors (Lipinski definition) is 5. The van der Waals surface area contributed by atoms with Gasteiger partial charge in [0, 0.05) is 12.8 Å². The zero-order chi connectivity index (χ0) is 17.2. The molecule has 0 aromatic heterocycles. The second kappa shape index (κ2) is 8.99. The number of ketones is 1. The molecule has 0 spiro atoms. The third-order valence-electron chi connectivity index (χ3n) is 2.79. The van der Waals surface area contributed by atoms with Gasteiger partial charge in [-0.3, -0.25) is 4.79 Å². The van der Waals surface area contributed by atoms with E-state index in [0.717, 1.165) is 11.8 Å². The minimum absolute atomic E-state index is 0.0894. The molecule has 0 atom stereocenters. The minimum atomic E-state index is -1.44. The van der Waals surface area contributed by atoms with E-state index < -0.39 is 11.8 Å². The van der Waals surface area contributed by atoms with Crippen molar-refractivity contribution in [1.29, 1.82) is 0 Å². The molecule has 23 heavy (non-hydrogen) atoms. The Morgan fingerprint density at radius 3 is 1.65 bits per heavy atom. The number of carbonyl (C=O) groups excluding carboxylic acids is 2. The Kier molecular flexibility index (Phi) is 7.00. The number of hydrogen-bond donors (Lipinski definition) is 3. The van der Waals surface area contributed by atoms with Crippen LogP contribution in [0.3, 0.4) is 0 Å². The van der Waals surface area contributed by atoms with Gasteiger partial charge >= 0.3 is 5.97 Å². The van der Waals surface area contributed by atoms with Crippen LogP contribution in [-0.4, -0.2) is 33.4 Å². The van der Waals surface area contributed by atoms with Crippen molar-refractivity contribution in [3.63, 3.8) is 0 Å². The molecule has 0 amide bonds. The molecule has 3 N–H and O–H groups in total. The number of aromatic hydroxyl groups is 2. The van der Waals surface area contributed by atoms with Crippen LogP contribution >= 0.6 is 0 Å². The minimum Gasteiger partial charge on any atom is -0.508 e. The molecule has 2 rings (SSSR count). The van der Waals surface area contributed by atoms with E-state index >= 15 is 0 Å². The number of benzene rings is 2. The van der Waals surface area contributed by atoms with E-state index in [4.69, 9.17) is 15.3 Å². The summed E-state index contributed by atoms with van der Waals surface area (Å²) in [6, 6.07) is 12.4. The molecule has 6 nitrogen and oxygen atoms in total. The summed E-state index contributed by atoms with van der Waals surface area (Å²) < 4.78 is 0. The van der Waals surface area contributed by atoms with Crippen molar-refractivity contribution in [1.82, 2.24) is 0 Å². The predicted octanol–water partition coefficient (Wildman–Crippen LogP) is 1.72. The second-order valence-electron chi connectivity index (χ2n) is 4.61. The number of carboxylic acids is 1. The predicted molar refractivity (Wildman–Crippen MR) is 82.3 cm³/mol. The number of aliphatic carboxylic acids is 1. The molecule has 0 aliphatic rings. The zero-order valence-electron chi connectivity index (χ0n) is 12.2. The Bertz CT molecular complexity index is 658. The van der Waals surface area contributed by atoms with Crippen LogP contribution in [-0.2, 0) is 27.2 Å². The van der Waals surface area contributed by atoms with E-state index in [0.29, 0.717) is 12.0 Å². The zero-order valence-corrected chi connectivity index (χ0v) is 12.2. The summed E-state index contributed by atoms with van der Waals surface area (Å²) in [7, 11) is 0. The molecule has 0 unspecified atom stereocenters. The molecule has 120 valence electrons. The van der Waals surface area contributed by atoms with Crippen molar-refractivity contribution in [2.75, 3.05) is 0 Å². The van der Waals surface area contributed by atoms with E-state index in [1.807, 2.05) is 0 Å². The summed E-state index contributed by atoms with van der Waals surface area (Å²) in [5.41, 5.74) is 1.50. The van der Waals surface area contributed by atoms with E-state index in [9.17, 15) is 14.4 Å². The van der Waals surface area contributed by atoms with Gasteiger partial charge in [-0.25, -0.2) is 4.79 Å². The number of Topliss-reactive ketones (excluding diaryl/α,β-unsaturated/α-hetero) is 1. The van der Waals surface area contributed by atoms with Gasteiger partial charge in [0.1, 0.15) is 17.8 Å². The van der Waals surface area contributed by atoms with Crippen LogP contribution in [0.25, 0.3) is 0 Å². The van der Waals surface area contributed by atoms with Gasteiger partial charge in [-0.1, -0.05) is 24.3 Å². The quantitative estimate of drug-likeness (QED) is 0.572.